The monoisotopic (exact) mass is 241 g/mol. The standard InChI is InChI=1S/C8H16ClNO3S/c1-13-6-7-14(11,12)10-4-2-8(9)3-5-10/h8H,2-7H2,1H3. The fourth-order valence-corrected chi connectivity index (χ4v) is 3.02. The van der Waals surface area contributed by atoms with Crippen LogP contribution in [0.3, 0.4) is 0 Å². The first-order valence-electron chi connectivity index (χ1n) is 4.67. The van der Waals surface area contributed by atoms with Gasteiger partial charge in [-0.1, -0.05) is 0 Å². The fourth-order valence-electron chi connectivity index (χ4n) is 1.42. The number of ether oxygens (including phenoxy) is 1. The number of halogens is 1. The molecule has 0 aromatic rings. The molecule has 0 spiro atoms. The molecule has 1 rings (SSSR count). The Balaban J connectivity index is 2.47. The third-order valence-corrected chi connectivity index (χ3v) is 4.59. The highest BCUT2D eigenvalue weighted by molar-refractivity contribution is 7.89. The third-order valence-electron chi connectivity index (χ3n) is 2.32. The topological polar surface area (TPSA) is 46.6 Å². The van der Waals surface area contributed by atoms with Crippen molar-refractivity contribution in [1.29, 1.82) is 0 Å². The first kappa shape index (κ1) is 12.2. The second-order valence-electron chi connectivity index (χ2n) is 3.38. The molecule has 0 unspecified atom stereocenters. The van der Waals surface area contributed by atoms with E-state index in [9.17, 15) is 8.42 Å². The van der Waals surface area contributed by atoms with Crippen LogP contribution in [-0.2, 0) is 14.8 Å². The molecule has 14 heavy (non-hydrogen) atoms. The maximum Gasteiger partial charge on any atom is 0.216 e. The number of hydrogen-bond donors (Lipinski definition) is 0. The summed E-state index contributed by atoms with van der Waals surface area (Å²) in [6.45, 7) is 1.34. The minimum atomic E-state index is -3.12. The highest BCUT2D eigenvalue weighted by atomic mass is 35.5. The lowest BCUT2D eigenvalue weighted by Crippen LogP contribution is -2.40. The quantitative estimate of drug-likeness (QED) is 0.680. The van der Waals surface area contributed by atoms with Gasteiger partial charge in [-0.3, -0.25) is 0 Å². The second kappa shape index (κ2) is 5.30. The number of methoxy groups -OCH3 is 1. The number of sulfonamides is 1. The van der Waals surface area contributed by atoms with Crippen molar-refractivity contribution in [2.75, 3.05) is 32.6 Å². The van der Waals surface area contributed by atoms with Crippen LogP contribution in [0.2, 0.25) is 0 Å². The highest BCUT2D eigenvalue weighted by Gasteiger charge is 2.26. The van der Waals surface area contributed by atoms with Gasteiger partial charge in [0.1, 0.15) is 0 Å². The Morgan fingerprint density at radius 3 is 2.50 bits per heavy atom. The molecule has 0 amide bonds. The van der Waals surface area contributed by atoms with E-state index in [-0.39, 0.29) is 17.7 Å². The van der Waals surface area contributed by atoms with E-state index in [1.807, 2.05) is 0 Å². The van der Waals surface area contributed by atoms with E-state index < -0.39 is 10.0 Å². The van der Waals surface area contributed by atoms with E-state index >= 15 is 0 Å². The molecule has 84 valence electrons. The second-order valence-corrected chi connectivity index (χ2v) is 6.09. The predicted molar refractivity (Wildman–Crippen MR) is 56.1 cm³/mol. The molecule has 6 heteroatoms. The average molecular weight is 242 g/mol. The molecule has 0 radical (unpaired) electrons. The molecule has 0 aliphatic carbocycles. The predicted octanol–water partition coefficient (Wildman–Crippen LogP) is 0.666. The molecule has 4 nitrogen and oxygen atoms in total. The smallest absolute Gasteiger partial charge is 0.216 e. The van der Waals surface area contributed by atoms with Crippen LogP contribution in [0.15, 0.2) is 0 Å². The molecule has 0 bridgehead atoms. The summed E-state index contributed by atoms with van der Waals surface area (Å²) in [7, 11) is -1.62. The Labute approximate surface area is 90.2 Å². The van der Waals surface area contributed by atoms with Crippen LogP contribution in [0, 0.1) is 0 Å². The summed E-state index contributed by atoms with van der Waals surface area (Å²) in [5.74, 6) is 0.0659. The van der Waals surface area contributed by atoms with Gasteiger partial charge in [0.15, 0.2) is 0 Å². The van der Waals surface area contributed by atoms with Crippen LogP contribution < -0.4 is 0 Å². The van der Waals surface area contributed by atoms with Crippen LogP contribution in [0.25, 0.3) is 0 Å². The number of nitrogens with zero attached hydrogens (tertiary/aromatic N) is 1. The van der Waals surface area contributed by atoms with Crippen molar-refractivity contribution in [1.82, 2.24) is 4.31 Å². The van der Waals surface area contributed by atoms with Crippen molar-refractivity contribution in [2.45, 2.75) is 18.2 Å². The van der Waals surface area contributed by atoms with E-state index in [1.165, 1.54) is 11.4 Å². The molecular formula is C8H16ClNO3S. The Hall–Kier alpha value is 0.160. The van der Waals surface area contributed by atoms with Gasteiger partial charge in [-0.25, -0.2) is 12.7 Å². The van der Waals surface area contributed by atoms with Gasteiger partial charge >= 0.3 is 0 Å². The normalized spacial score (nSPS) is 21.3. The average Bonchev–Trinajstić information content (AvgIpc) is 2.16. The maximum absolute atomic E-state index is 11.7. The van der Waals surface area contributed by atoms with Crippen LogP contribution in [0.4, 0.5) is 0 Å². The Bertz CT molecular complexity index is 260. The summed E-state index contributed by atoms with van der Waals surface area (Å²) in [4.78, 5) is 0. The van der Waals surface area contributed by atoms with Crippen molar-refractivity contribution < 1.29 is 13.2 Å². The van der Waals surface area contributed by atoms with Crippen molar-refractivity contribution in [3.05, 3.63) is 0 Å². The number of rotatable bonds is 4. The number of piperidine rings is 1. The van der Waals surface area contributed by atoms with Crippen LogP contribution in [-0.4, -0.2) is 50.7 Å². The molecule has 0 aromatic heterocycles. The van der Waals surface area contributed by atoms with E-state index in [0.29, 0.717) is 13.1 Å². The fraction of sp³-hybridized carbons (Fsp3) is 1.00. The number of alkyl halides is 1. The maximum atomic E-state index is 11.7. The van der Waals surface area contributed by atoms with Crippen LogP contribution >= 0.6 is 11.6 Å². The summed E-state index contributed by atoms with van der Waals surface area (Å²) in [5, 5.41) is 0.129. The van der Waals surface area contributed by atoms with Gasteiger partial charge in [-0.15, -0.1) is 11.6 Å². The van der Waals surface area contributed by atoms with Gasteiger partial charge in [0, 0.05) is 25.6 Å². The molecule has 1 fully saturated rings. The van der Waals surface area contributed by atoms with Crippen LogP contribution in [0.1, 0.15) is 12.8 Å². The zero-order chi connectivity index (χ0) is 10.6. The van der Waals surface area contributed by atoms with Gasteiger partial charge in [0.25, 0.3) is 0 Å². The molecule has 1 heterocycles. The van der Waals surface area contributed by atoms with Crippen molar-refractivity contribution in [2.24, 2.45) is 0 Å². The van der Waals surface area contributed by atoms with E-state index in [4.69, 9.17) is 16.3 Å². The molecular weight excluding hydrogens is 226 g/mol. The summed E-state index contributed by atoms with van der Waals surface area (Å²) < 4.78 is 29.6. The molecule has 0 aromatic carbocycles. The lowest BCUT2D eigenvalue weighted by Gasteiger charge is -2.28. The highest BCUT2D eigenvalue weighted by Crippen LogP contribution is 2.18. The van der Waals surface area contributed by atoms with E-state index in [0.717, 1.165) is 12.8 Å². The lowest BCUT2D eigenvalue weighted by atomic mass is 10.2. The van der Waals surface area contributed by atoms with Gasteiger partial charge in [-0.05, 0) is 12.8 Å². The van der Waals surface area contributed by atoms with Gasteiger partial charge in [0.2, 0.25) is 10.0 Å². The largest absolute Gasteiger partial charge is 0.384 e. The summed E-state index contributed by atoms with van der Waals surface area (Å²) in [5.41, 5.74) is 0. The molecule has 1 aliphatic heterocycles. The van der Waals surface area contributed by atoms with E-state index in [1.54, 1.807) is 0 Å². The van der Waals surface area contributed by atoms with Gasteiger partial charge in [0.05, 0.1) is 12.4 Å². The van der Waals surface area contributed by atoms with Crippen molar-refractivity contribution in [3.8, 4) is 0 Å². The molecule has 1 aliphatic rings. The summed E-state index contributed by atoms with van der Waals surface area (Å²) in [6, 6.07) is 0. The van der Waals surface area contributed by atoms with Gasteiger partial charge < -0.3 is 4.74 Å². The molecule has 0 saturated carbocycles. The zero-order valence-electron chi connectivity index (χ0n) is 8.28. The lowest BCUT2D eigenvalue weighted by molar-refractivity contribution is 0.215. The molecule has 0 atom stereocenters. The Kier molecular flexibility index (Phi) is 4.63. The van der Waals surface area contributed by atoms with Gasteiger partial charge in [-0.2, -0.15) is 0 Å². The first-order chi connectivity index (χ1) is 6.56. The zero-order valence-corrected chi connectivity index (χ0v) is 9.85. The van der Waals surface area contributed by atoms with E-state index in [2.05, 4.69) is 0 Å². The minimum Gasteiger partial charge on any atom is -0.384 e. The summed E-state index contributed by atoms with van der Waals surface area (Å²) in [6.07, 6.45) is 1.49. The SMILES string of the molecule is COCCS(=O)(=O)N1CCC(Cl)CC1. The summed E-state index contributed by atoms with van der Waals surface area (Å²) >= 11 is 5.89. The minimum absolute atomic E-state index is 0.0659. The first-order valence-corrected chi connectivity index (χ1v) is 6.71. The number of hydrogen-bond acceptors (Lipinski definition) is 3. The van der Waals surface area contributed by atoms with Crippen molar-refractivity contribution in [3.63, 3.8) is 0 Å². The van der Waals surface area contributed by atoms with Crippen LogP contribution in [0.5, 0.6) is 0 Å². The molecule has 0 N–H and O–H groups in total. The van der Waals surface area contributed by atoms with Crippen molar-refractivity contribution >= 4 is 21.6 Å². The third kappa shape index (κ3) is 3.38. The Morgan fingerprint density at radius 1 is 1.43 bits per heavy atom. The Morgan fingerprint density at radius 2 is 2.00 bits per heavy atom. The molecule has 1 saturated heterocycles.